The maximum atomic E-state index is 11.0. The molecule has 7 nitrogen and oxygen atoms in total. The Morgan fingerprint density at radius 2 is 2.39 bits per heavy atom. The van der Waals surface area contributed by atoms with Crippen LogP contribution in [0.1, 0.15) is 27.3 Å². The van der Waals surface area contributed by atoms with Gasteiger partial charge in [-0.25, -0.2) is 4.79 Å². The van der Waals surface area contributed by atoms with Crippen molar-refractivity contribution in [1.82, 2.24) is 20.2 Å². The van der Waals surface area contributed by atoms with Gasteiger partial charge in [0.1, 0.15) is 5.75 Å². The monoisotopic (exact) mass is 268 g/mol. The molecule has 0 aliphatic heterocycles. The first kappa shape index (κ1) is 12.5. The number of carbonyl (C=O) groups is 1. The van der Waals surface area contributed by atoms with Crippen molar-refractivity contribution in [2.45, 2.75) is 20.0 Å². The molecule has 2 aromatic heterocycles. The second-order valence-electron chi connectivity index (χ2n) is 3.55. The van der Waals surface area contributed by atoms with Crippen LogP contribution in [0.5, 0.6) is 5.75 Å². The highest BCUT2D eigenvalue weighted by atomic mass is 32.1. The van der Waals surface area contributed by atoms with Crippen LogP contribution in [-0.2, 0) is 20.1 Å². The average molecular weight is 268 g/mol. The lowest BCUT2D eigenvalue weighted by atomic mass is 10.3. The van der Waals surface area contributed by atoms with E-state index >= 15 is 0 Å². The van der Waals surface area contributed by atoms with E-state index in [0.717, 1.165) is 11.3 Å². The Hall–Kier alpha value is -1.96. The van der Waals surface area contributed by atoms with Crippen LogP contribution in [0.3, 0.4) is 0 Å². The summed E-state index contributed by atoms with van der Waals surface area (Å²) in [6.07, 6.45) is 0.775. The van der Waals surface area contributed by atoms with Gasteiger partial charge in [-0.05, 0) is 17.7 Å². The fourth-order valence-corrected chi connectivity index (χ4v) is 2.25. The van der Waals surface area contributed by atoms with Gasteiger partial charge in [0.15, 0.2) is 11.5 Å². The largest absolute Gasteiger partial charge is 0.484 e. The standard InChI is InChI=1S/C10H12N4O3S/c1-3-6-4-7(9(18-6)10(15)16)17-5-8-11-13-14(2)12-8/h4H,3,5H2,1-2H3,(H,15,16). The van der Waals surface area contributed by atoms with Crippen molar-refractivity contribution in [2.24, 2.45) is 7.05 Å². The van der Waals surface area contributed by atoms with Gasteiger partial charge in [-0.1, -0.05) is 6.92 Å². The third kappa shape index (κ3) is 2.65. The maximum Gasteiger partial charge on any atom is 0.349 e. The predicted octanol–water partition coefficient (Wildman–Crippen LogP) is 1.11. The van der Waals surface area contributed by atoms with Crippen molar-refractivity contribution in [3.63, 3.8) is 0 Å². The van der Waals surface area contributed by atoms with Gasteiger partial charge in [-0.3, -0.25) is 0 Å². The smallest absolute Gasteiger partial charge is 0.349 e. The van der Waals surface area contributed by atoms with Crippen LogP contribution in [0.15, 0.2) is 6.07 Å². The summed E-state index contributed by atoms with van der Waals surface area (Å²) in [5, 5.41) is 20.4. The first-order valence-corrected chi connectivity index (χ1v) is 6.13. The Bertz CT molecular complexity index is 563. The number of rotatable bonds is 5. The molecule has 0 saturated carbocycles. The van der Waals surface area contributed by atoms with Crippen LogP contribution in [-0.4, -0.2) is 31.3 Å². The highest BCUT2D eigenvalue weighted by molar-refractivity contribution is 7.14. The molecule has 0 aromatic carbocycles. The topological polar surface area (TPSA) is 90.1 Å². The number of ether oxygens (including phenoxy) is 1. The molecule has 96 valence electrons. The number of thiophene rings is 1. The van der Waals surface area contributed by atoms with E-state index in [0.29, 0.717) is 11.6 Å². The number of carboxylic acid groups (broad SMARTS) is 1. The van der Waals surface area contributed by atoms with Crippen LogP contribution >= 0.6 is 11.3 Å². The van der Waals surface area contributed by atoms with Crippen molar-refractivity contribution in [3.8, 4) is 5.75 Å². The molecular formula is C10H12N4O3S. The molecule has 0 bridgehead atoms. The van der Waals surface area contributed by atoms with E-state index in [9.17, 15) is 4.79 Å². The molecular weight excluding hydrogens is 256 g/mol. The number of aromatic nitrogens is 4. The SMILES string of the molecule is CCc1cc(OCc2nnn(C)n2)c(C(=O)O)s1. The molecule has 18 heavy (non-hydrogen) atoms. The van der Waals surface area contributed by atoms with Gasteiger partial charge in [-0.2, -0.15) is 4.80 Å². The van der Waals surface area contributed by atoms with Gasteiger partial charge in [-0.15, -0.1) is 21.5 Å². The van der Waals surface area contributed by atoms with Crippen molar-refractivity contribution in [1.29, 1.82) is 0 Å². The minimum atomic E-state index is -0.984. The summed E-state index contributed by atoms with van der Waals surface area (Å²) >= 11 is 1.22. The van der Waals surface area contributed by atoms with Gasteiger partial charge < -0.3 is 9.84 Å². The van der Waals surface area contributed by atoms with E-state index in [1.807, 2.05) is 6.92 Å². The highest BCUT2D eigenvalue weighted by Gasteiger charge is 2.16. The van der Waals surface area contributed by atoms with Gasteiger partial charge in [0.2, 0.25) is 5.82 Å². The molecule has 0 amide bonds. The third-order valence-corrected chi connectivity index (χ3v) is 3.45. The summed E-state index contributed by atoms with van der Waals surface area (Å²) in [6.45, 7) is 2.07. The Morgan fingerprint density at radius 1 is 1.61 bits per heavy atom. The normalized spacial score (nSPS) is 10.6. The van der Waals surface area contributed by atoms with E-state index in [1.165, 1.54) is 16.1 Å². The lowest BCUT2D eigenvalue weighted by Gasteiger charge is -2.01. The average Bonchev–Trinajstić information content (AvgIpc) is 2.92. The lowest BCUT2D eigenvalue weighted by molar-refractivity contribution is 0.0697. The number of tetrazole rings is 1. The predicted molar refractivity (Wildman–Crippen MR) is 63.8 cm³/mol. The number of aromatic carboxylic acids is 1. The van der Waals surface area contributed by atoms with E-state index in [4.69, 9.17) is 9.84 Å². The Balaban J connectivity index is 2.12. The fourth-order valence-electron chi connectivity index (χ4n) is 1.38. The van der Waals surface area contributed by atoms with Crippen molar-refractivity contribution in [3.05, 3.63) is 21.6 Å². The summed E-state index contributed by atoms with van der Waals surface area (Å²) in [4.78, 5) is 13.5. The van der Waals surface area contributed by atoms with E-state index < -0.39 is 5.97 Å². The number of hydrogen-bond acceptors (Lipinski definition) is 6. The minimum Gasteiger partial charge on any atom is -0.484 e. The van der Waals surface area contributed by atoms with Gasteiger partial charge >= 0.3 is 5.97 Å². The summed E-state index contributed by atoms with van der Waals surface area (Å²) in [7, 11) is 1.65. The third-order valence-electron chi connectivity index (χ3n) is 2.20. The Morgan fingerprint density at radius 3 is 2.94 bits per heavy atom. The summed E-state index contributed by atoms with van der Waals surface area (Å²) in [5.74, 6) is -0.211. The van der Waals surface area contributed by atoms with Gasteiger partial charge in [0.25, 0.3) is 0 Å². The van der Waals surface area contributed by atoms with Crippen LogP contribution < -0.4 is 4.74 Å². The number of hydrogen-bond donors (Lipinski definition) is 1. The molecule has 0 saturated heterocycles. The molecule has 2 heterocycles. The highest BCUT2D eigenvalue weighted by Crippen LogP contribution is 2.30. The molecule has 2 aromatic rings. The molecule has 0 aliphatic carbocycles. The first-order valence-electron chi connectivity index (χ1n) is 5.31. The van der Waals surface area contributed by atoms with Crippen LogP contribution in [0.4, 0.5) is 0 Å². The summed E-state index contributed by atoms with van der Waals surface area (Å²) in [6, 6.07) is 1.74. The molecule has 0 fully saturated rings. The minimum absolute atomic E-state index is 0.105. The van der Waals surface area contributed by atoms with Crippen LogP contribution in [0, 0.1) is 0 Å². The zero-order valence-electron chi connectivity index (χ0n) is 9.95. The number of aryl methyl sites for hydroxylation is 2. The Kier molecular flexibility index (Phi) is 3.56. The van der Waals surface area contributed by atoms with E-state index in [-0.39, 0.29) is 11.5 Å². The number of carboxylic acids is 1. The van der Waals surface area contributed by atoms with Crippen LogP contribution in [0.25, 0.3) is 0 Å². The maximum absolute atomic E-state index is 11.0. The second-order valence-corrected chi connectivity index (χ2v) is 4.69. The van der Waals surface area contributed by atoms with Crippen molar-refractivity contribution in [2.75, 3.05) is 0 Å². The molecule has 2 rings (SSSR count). The molecule has 0 radical (unpaired) electrons. The lowest BCUT2D eigenvalue weighted by Crippen LogP contribution is -2.02. The zero-order chi connectivity index (χ0) is 13.1. The Labute approximate surface area is 107 Å². The molecule has 8 heteroatoms. The second kappa shape index (κ2) is 5.13. The molecule has 1 N–H and O–H groups in total. The zero-order valence-corrected chi connectivity index (χ0v) is 10.8. The molecule has 0 spiro atoms. The van der Waals surface area contributed by atoms with Gasteiger partial charge in [0, 0.05) is 4.88 Å². The quantitative estimate of drug-likeness (QED) is 0.873. The first-order chi connectivity index (χ1) is 8.60. The fraction of sp³-hybridized carbons (Fsp3) is 0.400. The van der Waals surface area contributed by atoms with Gasteiger partial charge in [0.05, 0.1) is 7.05 Å². The molecule has 0 aliphatic rings. The molecule has 0 unspecified atom stereocenters. The summed E-state index contributed by atoms with van der Waals surface area (Å²) < 4.78 is 5.43. The van der Waals surface area contributed by atoms with Crippen molar-refractivity contribution < 1.29 is 14.6 Å². The summed E-state index contributed by atoms with van der Waals surface area (Å²) in [5.41, 5.74) is 0. The van der Waals surface area contributed by atoms with E-state index in [1.54, 1.807) is 13.1 Å². The van der Waals surface area contributed by atoms with Crippen LogP contribution in [0.2, 0.25) is 0 Å². The van der Waals surface area contributed by atoms with E-state index in [2.05, 4.69) is 15.4 Å². The number of nitrogens with zero attached hydrogens (tertiary/aromatic N) is 4. The molecule has 0 atom stereocenters. The van der Waals surface area contributed by atoms with Crippen molar-refractivity contribution >= 4 is 17.3 Å².